The quantitative estimate of drug-likeness (QED) is 0.917. The molecule has 1 N–H and O–H groups in total. The summed E-state index contributed by atoms with van der Waals surface area (Å²) in [6, 6.07) is 6.37. The molecule has 1 atom stereocenters. The number of aromatic nitrogens is 3. The summed E-state index contributed by atoms with van der Waals surface area (Å²) in [4.78, 5) is 12.2. The minimum atomic E-state index is -0.263. The minimum Gasteiger partial charge on any atom is -0.346 e. The van der Waals surface area contributed by atoms with Gasteiger partial charge in [-0.1, -0.05) is 24.6 Å². The first-order chi connectivity index (χ1) is 11.6. The fraction of sp³-hybridized carbons (Fsp3) is 0.500. The predicted molar refractivity (Wildman–Crippen MR) is 88.9 cm³/mol. The average Bonchev–Trinajstić information content (AvgIpc) is 2.83. The van der Waals surface area contributed by atoms with Crippen molar-refractivity contribution >= 4 is 5.91 Å². The molecule has 5 nitrogen and oxygen atoms in total. The number of nitrogens with zero attached hydrogens (tertiary/aromatic N) is 3. The molecule has 0 radical (unpaired) electrons. The number of carbonyl (C=O) groups is 1. The zero-order valence-electron chi connectivity index (χ0n) is 14.0. The topological polar surface area (TPSA) is 59.8 Å². The number of aryl methyl sites for hydroxylation is 2. The fourth-order valence-electron chi connectivity index (χ4n) is 3.16. The van der Waals surface area contributed by atoms with Gasteiger partial charge in [-0.2, -0.15) is 0 Å². The molecule has 6 heteroatoms. The molecule has 1 aromatic heterocycles. The van der Waals surface area contributed by atoms with Gasteiger partial charge in [-0.3, -0.25) is 4.79 Å². The zero-order valence-corrected chi connectivity index (χ0v) is 14.0. The number of benzene rings is 1. The van der Waals surface area contributed by atoms with Crippen LogP contribution in [0, 0.1) is 5.82 Å². The summed E-state index contributed by atoms with van der Waals surface area (Å²) in [6.07, 6.45) is 5.05. The molecule has 2 aromatic rings. The van der Waals surface area contributed by atoms with E-state index in [0.29, 0.717) is 12.0 Å². The molecule has 2 heterocycles. The maximum atomic E-state index is 13.6. The summed E-state index contributed by atoms with van der Waals surface area (Å²) in [5, 5.41) is 11.5. The first-order valence-electron chi connectivity index (χ1n) is 8.60. The highest BCUT2D eigenvalue weighted by molar-refractivity contribution is 5.76. The van der Waals surface area contributed by atoms with Crippen LogP contribution in [0.25, 0.3) is 0 Å². The number of hydrogen-bond acceptors (Lipinski definition) is 3. The van der Waals surface area contributed by atoms with Crippen LogP contribution in [0.2, 0.25) is 0 Å². The van der Waals surface area contributed by atoms with Crippen LogP contribution in [0.5, 0.6) is 0 Å². The van der Waals surface area contributed by atoms with E-state index in [-0.39, 0.29) is 24.2 Å². The van der Waals surface area contributed by atoms with Crippen LogP contribution in [-0.2, 0) is 24.2 Å². The summed E-state index contributed by atoms with van der Waals surface area (Å²) >= 11 is 0. The van der Waals surface area contributed by atoms with Gasteiger partial charge in [0.1, 0.15) is 11.6 Å². The first kappa shape index (κ1) is 16.6. The molecule has 0 unspecified atom stereocenters. The summed E-state index contributed by atoms with van der Waals surface area (Å²) in [5.74, 6) is 1.46. The normalized spacial score (nSPS) is 15.4. The Hall–Kier alpha value is -2.24. The van der Waals surface area contributed by atoms with Crippen molar-refractivity contribution in [1.29, 1.82) is 0 Å². The third-order valence-electron chi connectivity index (χ3n) is 4.48. The van der Waals surface area contributed by atoms with Crippen molar-refractivity contribution in [2.45, 2.75) is 58.0 Å². The fourth-order valence-corrected chi connectivity index (χ4v) is 3.16. The lowest BCUT2D eigenvalue weighted by Crippen LogP contribution is -2.29. The van der Waals surface area contributed by atoms with E-state index in [1.165, 1.54) is 12.5 Å². The number of carbonyl (C=O) groups excluding carboxylic acids is 1. The van der Waals surface area contributed by atoms with Crippen LogP contribution in [0.3, 0.4) is 0 Å². The Morgan fingerprint density at radius 1 is 1.29 bits per heavy atom. The summed E-state index contributed by atoms with van der Waals surface area (Å²) in [7, 11) is 0. The number of rotatable bonds is 5. The molecule has 1 aliphatic heterocycles. The number of nitrogens with one attached hydrogen (secondary N) is 1. The van der Waals surface area contributed by atoms with Gasteiger partial charge >= 0.3 is 0 Å². The Bertz CT molecular complexity index is 713. The smallest absolute Gasteiger partial charge is 0.220 e. The summed E-state index contributed by atoms with van der Waals surface area (Å²) in [5.41, 5.74) is 0.566. The van der Waals surface area contributed by atoms with Crippen LogP contribution in [-0.4, -0.2) is 20.7 Å². The molecule has 1 aromatic carbocycles. The molecule has 0 spiro atoms. The molecular formula is C18H23FN4O. The van der Waals surface area contributed by atoms with Gasteiger partial charge in [-0.05, 0) is 37.8 Å². The number of halogens is 1. The van der Waals surface area contributed by atoms with Crippen LogP contribution in [0.4, 0.5) is 4.39 Å². The summed E-state index contributed by atoms with van der Waals surface area (Å²) < 4.78 is 15.7. The zero-order chi connectivity index (χ0) is 16.9. The molecule has 3 rings (SSSR count). The molecule has 0 fully saturated rings. The monoisotopic (exact) mass is 330 g/mol. The lowest BCUT2D eigenvalue weighted by molar-refractivity contribution is -0.121. The molecule has 0 saturated carbocycles. The van der Waals surface area contributed by atoms with E-state index in [4.69, 9.17) is 0 Å². The Morgan fingerprint density at radius 3 is 2.96 bits per heavy atom. The van der Waals surface area contributed by atoms with Gasteiger partial charge in [0.05, 0.1) is 6.04 Å². The van der Waals surface area contributed by atoms with Gasteiger partial charge in [0.2, 0.25) is 5.91 Å². The van der Waals surface area contributed by atoms with Crippen LogP contribution >= 0.6 is 0 Å². The van der Waals surface area contributed by atoms with Crippen molar-refractivity contribution in [2.24, 2.45) is 0 Å². The second-order valence-corrected chi connectivity index (χ2v) is 6.32. The van der Waals surface area contributed by atoms with Gasteiger partial charge in [0, 0.05) is 19.4 Å². The highest BCUT2D eigenvalue weighted by Gasteiger charge is 2.20. The first-order valence-corrected chi connectivity index (χ1v) is 8.60. The molecule has 1 aliphatic rings. The van der Waals surface area contributed by atoms with Gasteiger partial charge in [0.25, 0.3) is 0 Å². The third-order valence-corrected chi connectivity index (χ3v) is 4.48. The minimum absolute atomic E-state index is 0.100. The van der Waals surface area contributed by atoms with Crippen molar-refractivity contribution in [1.82, 2.24) is 20.1 Å². The lowest BCUT2D eigenvalue weighted by Gasteiger charge is -2.15. The largest absolute Gasteiger partial charge is 0.346 e. The van der Waals surface area contributed by atoms with Crippen LogP contribution in [0.1, 0.15) is 55.9 Å². The number of hydrogen-bond donors (Lipinski definition) is 1. The second kappa shape index (κ2) is 7.55. The third kappa shape index (κ3) is 3.80. The van der Waals surface area contributed by atoms with Gasteiger partial charge in [-0.25, -0.2) is 4.39 Å². The highest BCUT2D eigenvalue weighted by atomic mass is 19.1. The van der Waals surface area contributed by atoms with Crippen molar-refractivity contribution in [3.8, 4) is 0 Å². The van der Waals surface area contributed by atoms with E-state index in [1.54, 1.807) is 18.2 Å². The molecular weight excluding hydrogens is 307 g/mol. The Labute approximate surface area is 141 Å². The van der Waals surface area contributed by atoms with Crippen molar-refractivity contribution in [3.05, 3.63) is 47.3 Å². The van der Waals surface area contributed by atoms with E-state index in [0.717, 1.165) is 37.5 Å². The Kier molecular flexibility index (Phi) is 5.23. The SMILES string of the molecule is C[C@@H](NC(=O)CCc1ccccc1F)c1nnc2n1CCCCC2. The van der Waals surface area contributed by atoms with E-state index in [1.807, 2.05) is 6.92 Å². The Morgan fingerprint density at radius 2 is 2.12 bits per heavy atom. The van der Waals surface area contributed by atoms with E-state index >= 15 is 0 Å². The second-order valence-electron chi connectivity index (χ2n) is 6.32. The maximum Gasteiger partial charge on any atom is 0.220 e. The summed E-state index contributed by atoms with van der Waals surface area (Å²) in [6.45, 7) is 2.83. The molecule has 24 heavy (non-hydrogen) atoms. The van der Waals surface area contributed by atoms with E-state index < -0.39 is 0 Å². The molecule has 128 valence electrons. The maximum absolute atomic E-state index is 13.6. The lowest BCUT2D eigenvalue weighted by atomic mass is 10.1. The van der Waals surface area contributed by atoms with E-state index in [9.17, 15) is 9.18 Å². The van der Waals surface area contributed by atoms with E-state index in [2.05, 4.69) is 20.1 Å². The molecule has 1 amide bonds. The molecule has 0 saturated heterocycles. The van der Waals surface area contributed by atoms with Gasteiger partial charge < -0.3 is 9.88 Å². The van der Waals surface area contributed by atoms with Gasteiger partial charge in [0.15, 0.2) is 5.82 Å². The van der Waals surface area contributed by atoms with Gasteiger partial charge in [-0.15, -0.1) is 10.2 Å². The predicted octanol–water partition coefficient (Wildman–Crippen LogP) is 2.95. The standard InChI is InChI=1S/C18H23FN4O/c1-13(18-22-21-16-9-3-2-6-12-23(16)18)20-17(24)11-10-14-7-4-5-8-15(14)19/h4-5,7-8,13H,2-3,6,9-12H2,1H3,(H,20,24)/t13-/m1/s1. The number of fused-ring (bicyclic) bond motifs is 1. The molecule has 0 aliphatic carbocycles. The van der Waals surface area contributed by atoms with Crippen molar-refractivity contribution in [2.75, 3.05) is 0 Å². The highest BCUT2D eigenvalue weighted by Crippen LogP contribution is 2.18. The van der Waals surface area contributed by atoms with Crippen LogP contribution in [0.15, 0.2) is 24.3 Å². The van der Waals surface area contributed by atoms with Crippen molar-refractivity contribution < 1.29 is 9.18 Å². The average molecular weight is 330 g/mol. The number of amides is 1. The van der Waals surface area contributed by atoms with Crippen molar-refractivity contribution in [3.63, 3.8) is 0 Å². The van der Waals surface area contributed by atoms with Crippen LogP contribution < -0.4 is 5.32 Å². The molecule has 0 bridgehead atoms. The Balaban J connectivity index is 1.58.